The van der Waals surface area contributed by atoms with Gasteiger partial charge in [-0.05, 0) is 31.5 Å². The van der Waals surface area contributed by atoms with Gasteiger partial charge in [-0.3, -0.25) is 9.58 Å². The van der Waals surface area contributed by atoms with Crippen molar-refractivity contribution >= 4 is 22.9 Å². The molecule has 4 nitrogen and oxygen atoms in total. The highest BCUT2D eigenvalue weighted by molar-refractivity contribution is 7.16. The van der Waals surface area contributed by atoms with Crippen LogP contribution in [0.4, 0.5) is 0 Å². The second-order valence-electron chi connectivity index (χ2n) is 4.94. The molecule has 1 atom stereocenters. The summed E-state index contributed by atoms with van der Waals surface area (Å²) in [6.07, 6.45) is 7.23. The van der Waals surface area contributed by atoms with Crippen molar-refractivity contribution in [2.24, 2.45) is 0 Å². The fourth-order valence-electron chi connectivity index (χ4n) is 2.65. The molecule has 0 bridgehead atoms. The zero-order valence-corrected chi connectivity index (χ0v) is 12.3. The van der Waals surface area contributed by atoms with Crippen molar-refractivity contribution < 1.29 is 0 Å². The quantitative estimate of drug-likeness (QED) is 0.869. The van der Waals surface area contributed by atoms with Gasteiger partial charge in [-0.15, -0.1) is 11.3 Å². The van der Waals surface area contributed by atoms with Crippen LogP contribution < -0.4 is 0 Å². The molecule has 1 aliphatic heterocycles. The molecule has 0 unspecified atom stereocenters. The Morgan fingerprint density at radius 3 is 3.05 bits per heavy atom. The maximum Gasteiger partial charge on any atom is 0.137 e. The summed E-state index contributed by atoms with van der Waals surface area (Å²) in [7, 11) is 0. The summed E-state index contributed by atoms with van der Waals surface area (Å²) in [4.78, 5) is 7.91. The lowest BCUT2D eigenvalue weighted by atomic mass is 10.0. The summed E-state index contributed by atoms with van der Waals surface area (Å²) in [5.74, 6) is 0. The smallest absolute Gasteiger partial charge is 0.137 e. The summed E-state index contributed by atoms with van der Waals surface area (Å²) in [6.45, 7) is 3.09. The molecule has 0 N–H and O–H groups in total. The first-order valence-corrected chi connectivity index (χ1v) is 7.81. The normalized spacial score (nSPS) is 20.8. The predicted molar refractivity (Wildman–Crippen MR) is 77.4 cm³/mol. The molecular weight excluding hydrogens is 280 g/mol. The van der Waals surface area contributed by atoms with Crippen molar-refractivity contribution in [3.05, 3.63) is 34.0 Å². The van der Waals surface area contributed by atoms with Gasteiger partial charge in [-0.1, -0.05) is 18.0 Å². The average molecular weight is 297 g/mol. The third kappa shape index (κ3) is 3.35. The average Bonchev–Trinajstić information content (AvgIpc) is 3.04. The summed E-state index contributed by atoms with van der Waals surface area (Å²) < 4.78 is 2.81. The van der Waals surface area contributed by atoms with Gasteiger partial charge in [0.05, 0.1) is 10.9 Å². The number of nitrogens with zero attached hydrogens (tertiary/aromatic N) is 4. The monoisotopic (exact) mass is 296 g/mol. The Hall–Kier alpha value is -0.910. The highest BCUT2D eigenvalue weighted by atomic mass is 35.5. The van der Waals surface area contributed by atoms with Gasteiger partial charge in [-0.25, -0.2) is 4.98 Å². The molecule has 1 saturated heterocycles. The van der Waals surface area contributed by atoms with E-state index in [1.165, 1.54) is 24.1 Å². The molecule has 1 aliphatic rings. The molecule has 0 aliphatic carbocycles. The molecule has 0 amide bonds. The first-order chi connectivity index (χ1) is 9.31. The number of hydrogen-bond acceptors (Lipinski definition) is 4. The van der Waals surface area contributed by atoms with E-state index in [-0.39, 0.29) is 0 Å². The largest absolute Gasteiger partial charge is 0.293 e. The Kier molecular flexibility index (Phi) is 4.15. The molecule has 19 heavy (non-hydrogen) atoms. The first-order valence-electron chi connectivity index (χ1n) is 6.62. The number of likely N-dealkylation sites (tertiary alicyclic amines) is 1. The van der Waals surface area contributed by atoms with Crippen LogP contribution in [0.25, 0.3) is 0 Å². The van der Waals surface area contributed by atoms with Gasteiger partial charge in [0, 0.05) is 17.5 Å². The van der Waals surface area contributed by atoms with Crippen LogP contribution in [0.3, 0.4) is 0 Å². The topological polar surface area (TPSA) is 34.0 Å². The van der Waals surface area contributed by atoms with Gasteiger partial charge in [0.2, 0.25) is 0 Å². The zero-order chi connectivity index (χ0) is 13.1. The number of hydrogen-bond donors (Lipinski definition) is 0. The van der Waals surface area contributed by atoms with E-state index in [1.54, 1.807) is 24.0 Å². The van der Waals surface area contributed by atoms with Crippen molar-refractivity contribution in [1.29, 1.82) is 0 Å². The van der Waals surface area contributed by atoms with Crippen LogP contribution in [0.2, 0.25) is 4.34 Å². The minimum atomic E-state index is 0.552. The molecule has 2 aromatic rings. The fourth-order valence-corrected chi connectivity index (χ4v) is 3.77. The van der Waals surface area contributed by atoms with Crippen molar-refractivity contribution in [3.8, 4) is 0 Å². The highest BCUT2D eigenvalue weighted by Crippen LogP contribution is 2.26. The van der Waals surface area contributed by atoms with E-state index in [9.17, 15) is 0 Å². The molecule has 0 saturated carbocycles. The van der Waals surface area contributed by atoms with E-state index in [0.717, 1.165) is 24.0 Å². The summed E-state index contributed by atoms with van der Waals surface area (Å²) in [5, 5.41) is 4.22. The third-order valence-corrected chi connectivity index (χ3v) is 4.82. The van der Waals surface area contributed by atoms with Crippen LogP contribution in [0.5, 0.6) is 0 Å². The lowest BCUT2D eigenvalue weighted by Gasteiger charge is -2.35. The number of halogens is 1. The lowest BCUT2D eigenvalue weighted by Crippen LogP contribution is -2.41. The van der Waals surface area contributed by atoms with Crippen molar-refractivity contribution in [2.45, 2.75) is 38.4 Å². The molecule has 1 fully saturated rings. The molecule has 102 valence electrons. The Morgan fingerprint density at radius 1 is 1.37 bits per heavy atom. The van der Waals surface area contributed by atoms with Gasteiger partial charge in [0.15, 0.2) is 0 Å². The second kappa shape index (κ2) is 6.03. The molecule has 6 heteroatoms. The van der Waals surface area contributed by atoms with E-state index in [0.29, 0.717) is 6.04 Å². The highest BCUT2D eigenvalue weighted by Gasteiger charge is 2.23. The van der Waals surface area contributed by atoms with Gasteiger partial charge in [-0.2, -0.15) is 5.10 Å². The van der Waals surface area contributed by atoms with Crippen LogP contribution in [-0.4, -0.2) is 32.3 Å². The Morgan fingerprint density at radius 2 is 2.32 bits per heavy atom. The predicted octanol–water partition coefficient (Wildman–Crippen LogP) is 3.05. The van der Waals surface area contributed by atoms with E-state index in [4.69, 9.17) is 11.6 Å². The van der Waals surface area contributed by atoms with Crippen molar-refractivity contribution in [2.75, 3.05) is 6.54 Å². The summed E-state index contributed by atoms with van der Waals surface area (Å²) in [5.41, 5.74) is 0. The third-order valence-electron chi connectivity index (χ3n) is 3.60. The van der Waals surface area contributed by atoms with Crippen LogP contribution in [0, 0.1) is 0 Å². The Labute approximate surface area is 122 Å². The maximum absolute atomic E-state index is 6.01. The first kappa shape index (κ1) is 13.1. The second-order valence-corrected chi connectivity index (χ2v) is 6.74. The SMILES string of the molecule is Clc1ccc(CN2CCCC[C@H]2Cn2cncn2)s1. The molecule has 0 aromatic carbocycles. The number of thiophene rings is 1. The number of aromatic nitrogens is 3. The molecule has 0 radical (unpaired) electrons. The summed E-state index contributed by atoms with van der Waals surface area (Å²) >= 11 is 7.69. The minimum Gasteiger partial charge on any atom is -0.293 e. The Bertz CT molecular complexity index is 510. The number of rotatable bonds is 4. The number of piperidine rings is 1. The fraction of sp³-hybridized carbons (Fsp3) is 0.538. The van der Waals surface area contributed by atoms with Gasteiger partial charge in [0.1, 0.15) is 12.7 Å². The Balaban J connectivity index is 1.66. The van der Waals surface area contributed by atoms with Crippen molar-refractivity contribution in [1.82, 2.24) is 19.7 Å². The van der Waals surface area contributed by atoms with E-state index in [2.05, 4.69) is 21.0 Å². The lowest BCUT2D eigenvalue weighted by molar-refractivity contribution is 0.123. The van der Waals surface area contributed by atoms with Crippen LogP contribution in [-0.2, 0) is 13.1 Å². The van der Waals surface area contributed by atoms with Gasteiger partial charge < -0.3 is 0 Å². The van der Waals surface area contributed by atoms with Crippen molar-refractivity contribution in [3.63, 3.8) is 0 Å². The molecule has 2 aromatic heterocycles. The van der Waals surface area contributed by atoms with Crippen LogP contribution >= 0.6 is 22.9 Å². The van der Waals surface area contributed by atoms with Crippen LogP contribution in [0.1, 0.15) is 24.1 Å². The van der Waals surface area contributed by atoms with E-state index >= 15 is 0 Å². The molecule has 0 spiro atoms. The minimum absolute atomic E-state index is 0.552. The molecular formula is C13H17ClN4S. The summed E-state index contributed by atoms with van der Waals surface area (Å²) in [6, 6.07) is 4.67. The van der Waals surface area contributed by atoms with Gasteiger partial charge in [0.25, 0.3) is 0 Å². The maximum atomic E-state index is 6.01. The standard InChI is InChI=1S/C13H17ClN4S/c14-13-5-4-12(19-13)8-17-6-2-1-3-11(17)7-18-10-15-9-16-18/h4-5,9-11H,1-3,6-8H2/t11-/m0/s1. The van der Waals surface area contributed by atoms with E-state index in [1.807, 2.05) is 10.7 Å². The zero-order valence-electron chi connectivity index (χ0n) is 10.7. The van der Waals surface area contributed by atoms with E-state index < -0.39 is 0 Å². The molecule has 3 rings (SSSR count). The molecule has 3 heterocycles. The van der Waals surface area contributed by atoms with Gasteiger partial charge >= 0.3 is 0 Å². The van der Waals surface area contributed by atoms with Crippen LogP contribution in [0.15, 0.2) is 24.8 Å².